The van der Waals surface area contributed by atoms with Gasteiger partial charge in [0.25, 0.3) is 0 Å². The number of thiophene rings is 1. The Labute approximate surface area is 177 Å². The topological polar surface area (TPSA) is 44.5 Å². The van der Waals surface area contributed by atoms with Gasteiger partial charge >= 0.3 is 0 Å². The molecule has 1 N–H and O–H groups in total. The molecule has 0 amide bonds. The van der Waals surface area contributed by atoms with E-state index in [1.807, 2.05) is 23.1 Å². The minimum absolute atomic E-state index is 0.237. The summed E-state index contributed by atoms with van der Waals surface area (Å²) in [5.41, 5.74) is 6.47. The van der Waals surface area contributed by atoms with E-state index in [-0.39, 0.29) is 6.61 Å². The zero-order valence-electron chi connectivity index (χ0n) is 17.3. The van der Waals surface area contributed by atoms with Crippen LogP contribution in [0.4, 0.5) is 0 Å². The Hall–Kier alpha value is -1.99. The third kappa shape index (κ3) is 4.78. The molecule has 1 atom stereocenters. The molecule has 5 nitrogen and oxygen atoms in total. The van der Waals surface area contributed by atoms with E-state index >= 15 is 0 Å². The van der Waals surface area contributed by atoms with Crippen LogP contribution in [0.1, 0.15) is 28.7 Å². The summed E-state index contributed by atoms with van der Waals surface area (Å²) in [5.74, 6) is 0. The molecule has 1 unspecified atom stereocenters. The third-order valence-corrected chi connectivity index (χ3v) is 6.58. The highest BCUT2D eigenvalue weighted by Gasteiger charge is 2.27. The van der Waals surface area contributed by atoms with E-state index in [9.17, 15) is 5.11 Å². The molecule has 3 aromatic rings. The molecular weight excluding hydrogens is 380 g/mol. The fourth-order valence-corrected chi connectivity index (χ4v) is 5.03. The molecule has 0 radical (unpaired) electrons. The van der Waals surface area contributed by atoms with Gasteiger partial charge in [0.2, 0.25) is 0 Å². The lowest BCUT2D eigenvalue weighted by atomic mass is 10.0. The molecule has 154 valence electrons. The van der Waals surface area contributed by atoms with Gasteiger partial charge in [-0.25, -0.2) is 4.68 Å². The van der Waals surface area contributed by atoms with Crippen molar-refractivity contribution in [3.63, 3.8) is 0 Å². The van der Waals surface area contributed by atoms with Gasteiger partial charge in [-0.05, 0) is 71.5 Å². The lowest BCUT2D eigenvalue weighted by Crippen LogP contribution is -2.52. The van der Waals surface area contributed by atoms with Crippen LogP contribution in [0.3, 0.4) is 0 Å². The lowest BCUT2D eigenvalue weighted by molar-refractivity contribution is 0.0499. The Bertz CT molecular complexity index is 907. The van der Waals surface area contributed by atoms with Gasteiger partial charge in [0.1, 0.15) is 0 Å². The van der Waals surface area contributed by atoms with E-state index in [0.717, 1.165) is 39.1 Å². The summed E-state index contributed by atoms with van der Waals surface area (Å²) < 4.78 is 1.98. The van der Waals surface area contributed by atoms with E-state index in [4.69, 9.17) is 0 Å². The van der Waals surface area contributed by atoms with Crippen LogP contribution in [-0.4, -0.2) is 57.0 Å². The number of nitrogens with zero attached hydrogens (tertiary/aromatic N) is 4. The first-order chi connectivity index (χ1) is 14.1. The molecular formula is C23H30N4OS. The number of aliphatic hydroxyl groups is 1. The Morgan fingerprint density at radius 1 is 1.21 bits per heavy atom. The van der Waals surface area contributed by atoms with Crippen molar-refractivity contribution in [3.8, 4) is 5.69 Å². The monoisotopic (exact) mass is 410 g/mol. The van der Waals surface area contributed by atoms with E-state index in [1.54, 1.807) is 11.3 Å². The number of aryl methyl sites for hydroxylation is 2. The van der Waals surface area contributed by atoms with Crippen LogP contribution in [0.15, 0.2) is 47.4 Å². The molecule has 0 aliphatic carbocycles. The van der Waals surface area contributed by atoms with Crippen molar-refractivity contribution in [2.75, 3.05) is 26.2 Å². The molecule has 0 bridgehead atoms. The van der Waals surface area contributed by atoms with Crippen molar-refractivity contribution in [1.29, 1.82) is 0 Å². The van der Waals surface area contributed by atoms with Crippen LogP contribution in [0, 0.1) is 13.8 Å². The molecule has 2 aromatic heterocycles. The van der Waals surface area contributed by atoms with Crippen molar-refractivity contribution < 1.29 is 5.11 Å². The molecule has 6 heteroatoms. The molecule has 1 aliphatic heterocycles. The summed E-state index contributed by atoms with van der Waals surface area (Å²) in [5, 5.41) is 18.5. The fourth-order valence-electron chi connectivity index (χ4n) is 4.37. The summed E-state index contributed by atoms with van der Waals surface area (Å²) in [6, 6.07) is 9.06. The van der Waals surface area contributed by atoms with Gasteiger partial charge in [0.05, 0.1) is 5.69 Å². The number of aliphatic hydroxyl groups excluding tert-OH is 1. The average Bonchev–Trinajstić information content (AvgIpc) is 3.40. The van der Waals surface area contributed by atoms with Gasteiger partial charge in [-0.3, -0.25) is 9.80 Å². The van der Waals surface area contributed by atoms with Gasteiger partial charge in [-0.1, -0.05) is 6.07 Å². The summed E-state index contributed by atoms with van der Waals surface area (Å²) in [4.78, 5) is 5.07. The Kier molecular flexibility index (Phi) is 6.45. The summed E-state index contributed by atoms with van der Waals surface area (Å²) >= 11 is 1.75. The second-order valence-electron chi connectivity index (χ2n) is 8.03. The maximum atomic E-state index is 9.63. The quantitative estimate of drug-likeness (QED) is 0.646. The van der Waals surface area contributed by atoms with Crippen LogP contribution < -0.4 is 0 Å². The van der Waals surface area contributed by atoms with Crippen LogP contribution in [0.2, 0.25) is 0 Å². The maximum Gasteiger partial charge on any atom is 0.0695 e. The average molecular weight is 411 g/mol. The van der Waals surface area contributed by atoms with Crippen LogP contribution in [-0.2, 0) is 13.1 Å². The Morgan fingerprint density at radius 2 is 2.10 bits per heavy atom. The van der Waals surface area contributed by atoms with Crippen LogP contribution >= 0.6 is 11.3 Å². The number of rotatable bonds is 7. The molecule has 1 aliphatic rings. The molecule has 0 spiro atoms. The molecule has 1 fully saturated rings. The first-order valence-electron chi connectivity index (χ1n) is 10.3. The smallest absolute Gasteiger partial charge is 0.0695 e. The lowest BCUT2D eigenvalue weighted by Gasteiger charge is -2.41. The minimum Gasteiger partial charge on any atom is -0.396 e. The number of hydrogen-bond donors (Lipinski definition) is 1. The number of benzene rings is 1. The van der Waals surface area contributed by atoms with Crippen LogP contribution in [0.5, 0.6) is 0 Å². The van der Waals surface area contributed by atoms with Crippen molar-refractivity contribution in [1.82, 2.24) is 19.6 Å². The first-order valence-corrected chi connectivity index (χ1v) is 11.3. The van der Waals surface area contributed by atoms with Crippen molar-refractivity contribution in [2.24, 2.45) is 0 Å². The maximum absolute atomic E-state index is 9.63. The molecule has 1 aromatic carbocycles. The SMILES string of the molecule is Cc1cc(C)c(CN2CCN(Cc3ccsc3)C(CCO)C2)c(-n2cccn2)c1. The van der Waals surface area contributed by atoms with Crippen LogP contribution in [0.25, 0.3) is 5.69 Å². The normalized spacial score (nSPS) is 18.4. The van der Waals surface area contributed by atoms with Crippen molar-refractivity contribution in [3.05, 3.63) is 69.7 Å². The highest BCUT2D eigenvalue weighted by molar-refractivity contribution is 7.07. The molecule has 29 heavy (non-hydrogen) atoms. The Morgan fingerprint density at radius 3 is 2.83 bits per heavy atom. The summed E-state index contributed by atoms with van der Waals surface area (Å²) in [6.07, 6.45) is 4.67. The second kappa shape index (κ2) is 9.22. The molecule has 4 rings (SSSR count). The number of aromatic nitrogens is 2. The summed E-state index contributed by atoms with van der Waals surface area (Å²) in [6.45, 7) is 9.52. The highest BCUT2D eigenvalue weighted by atomic mass is 32.1. The van der Waals surface area contributed by atoms with Crippen molar-refractivity contribution in [2.45, 2.75) is 39.4 Å². The molecule has 0 saturated carbocycles. The largest absolute Gasteiger partial charge is 0.396 e. The summed E-state index contributed by atoms with van der Waals surface area (Å²) in [7, 11) is 0. The van der Waals surface area contributed by atoms with Gasteiger partial charge in [0, 0.05) is 57.8 Å². The molecule has 3 heterocycles. The van der Waals surface area contributed by atoms with Gasteiger partial charge in [0.15, 0.2) is 0 Å². The minimum atomic E-state index is 0.237. The fraction of sp³-hybridized carbons (Fsp3) is 0.435. The van der Waals surface area contributed by atoms with Gasteiger partial charge in [-0.2, -0.15) is 16.4 Å². The number of piperazine rings is 1. The van der Waals surface area contributed by atoms with E-state index in [0.29, 0.717) is 6.04 Å². The van der Waals surface area contributed by atoms with Gasteiger partial charge in [-0.15, -0.1) is 0 Å². The Balaban J connectivity index is 1.52. The standard InChI is InChI=1S/C23H30N4OS/c1-18-12-19(2)22(23(13-18)27-7-3-6-24-27)16-25-8-9-26(21(15-25)4-10-28)14-20-5-11-29-17-20/h3,5-7,11-13,17,21,28H,4,8-10,14-16H2,1-2H3. The highest BCUT2D eigenvalue weighted by Crippen LogP contribution is 2.25. The van der Waals surface area contributed by atoms with E-state index in [1.165, 1.54) is 27.9 Å². The second-order valence-corrected chi connectivity index (χ2v) is 8.81. The zero-order valence-corrected chi connectivity index (χ0v) is 18.1. The predicted molar refractivity (Wildman–Crippen MR) is 119 cm³/mol. The first kappa shape index (κ1) is 20.3. The number of hydrogen-bond acceptors (Lipinski definition) is 5. The van der Waals surface area contributed by atoms with Gasteiger partial charge < -0.3 is 5.11 Å². The third-order valence-electron chi connectivity index (χ3n) is 5.84. The molecule has 1 saturated heterocycles. The van der Waals surface area contributed by atoms with E-state index < -0.39 is 0 Å². The van der Waals surface area contributed by atoms with Crippen molar-refractivity contribution >= 4 is 11.3 Å². The zero-order chi connectivity index (χ0) is 20.2. The predicted octanol–water partition coefficient (Wildman–Crippen LogP) is 3.62. The van der Waals surface area contributed by atoms with E-state index in [2.05, 4.69) is 57.7 Å².